The van der Waals surface area contributed by atoms with Gasteiger partial charge in [-0.25, -0.2) is 0 Å². The minimum absolute atomic E-state index is 0.171. The lowest BCUT2D eigenvalue weighted by Gasteiger charge is -2.23. The van der Waals surface area contributed by atoms with E-state index in [1.54, 1.807) is 18.2 Å². The van der Waals surface area contributed by atoms with Crippen molar-refractivity contribution in [2.75, 3.05) is 11.5 Å². The monoisotopic (exact) mass is 310 g/mol. The first-order valence-corrected chi connectivity index (χ1v) is 8.82. The summed E-state index contributed by atoms with van der Waals surface area (Å²) in [5, 5.41) is 14.5. The summed E-state index contributed by atoms with van der Waals surface area (Å²) in [5.74, 6) is 2.30. The van der Waals surface area contributed by atoms with Crippen molar-refractivity contribution in [1.82, 2.24) is 5.32 Å². The number of benzene rings is 1. The van der Waals surface area contributed by atoms with E-state index in [4.69, 9.17) is 0 Å². The normalized spacial score (nSPS) is 13.9. The summed E-state index contributed by atoms with van der Waals surface area (Å²) < 4.78 is 0. The van der Waals surface area contributed by atoms with E-state index in [1.165, 1.54) is 0 Å². The molecule has 1 rings (SSSR count). The highest BCUT2D eigenvalue weighted by atomic mass is 32.2. The van der Waals surface area contributed by atoms with Crippen LogP contribution in [0.1, 0.15) is 51.6 Å². The summed E-state index contributed by atoms with van der Waals surface area (Å²) >= 11 is 1.95. The number of nitro benzene ring substituents is 1. The van der Waals surface area contributed by atoms with Gasteiger partial charge in [0, 0.05) is 24.2 Å². The van der Waals surface area contributed by atoms with Gasteiger partial charge >= 0.3 is 0 Å². The molecule has 0 spiro atoms. The molecule has 4 nitrogen and oxygen atoms in total. The van der Waals surface area contributed by atoms with Crippen molar-refractivity contribution >= 4 is 17.4 Å². The van der Waals surface area contributed by atoms with Crippen LogP contribution in [0.5, 0.6) is 0 Å². The Morgan fingerprint density at radius 3 is 2.71 bits per heavy atom. The van der Waals surface area contributed by atoms with Crippen molar-refractivity contribution in [3.8, 4) is 0 Å². The molecule has 0 saturated carbocycles. The second-order valence-electron chi connectivity index (χ2n) is 5.25. The Kier molecular flexibility index (Phi) is 8.38. The van der Waals surface area contributed by atoms with E-state index in [1.807, 2.05) is 17.8 Å². The number of hydrogen-bond acceptors (Lipinski definition) is 4. The van der Waals surface area contributed by atoms with Crippen molar-refractivity contribution in [3.63, 3.8) is 0 Å². The van der Waals surface area contributed by atoms with Gasteiger partial charge in [-0.2, -0.15) is 11.8 Å². The minimum atomic E-state index is -0.326. The van der Waals surface area contributed by atoms with Crippen molar-refractivity contribution in [2.24, 2.45) is 0 Å². The lowest BCUT2D eigenvalue weighted by atomic mass is 10.0. The molecule has 0 radical (unpaired) electrons. The Labute approximate surface area is 131 Å². The van der Waals surface area contributed by atoms with Gasteiger partial charge in [0.15, 0.2) is 0 Å². The molecule has 0 aromatic heterocycles. The zero-order valence-corrected chi connectivity index (χ0v) is 14.0. The van der Waals surface area contributed by atoms with Crippen LogP contribution < -0.4 is 5.32 Å². The number of nitrogens with zero attached hydrogens (tertiary/aromatic N) is 1. The van der Waals surface area contributed by atoms with Crippen LogP contribution in [0, 0.1) is 10.1 Å². The van der Waals surface area contributed by atoms with Crippen LogP contribution in [0.4, 0.5) is 5.69 Å². The van der Waals surface area contributed by atoms with Gasteiger partial charge in [0.25, 0.3) is 5.69 Å². The van der Waals surface area contributed by atoms with Gasteiger partial charge in [0.2, 0.25) is 0 Å². The Morgan fingerprint density at radius 2 is 2.10 bits per heavy atom. The predicted octanol–water partition coefficient (Wildman–Crippen LogP) is 4.56. The van der Waals surface area contributed by atoms with E-state index < -0.39 is 0 Å². The first-order chi connectivity index (χ1) is 10.1. The number of nitro groups is 1. The van der Waals surface area contributed by atoms with Gasteiger partial charge in [0.05, 0.1) is 4.92 Å². The molecule has 1 N–H and O–H groups in total. The minimum Gasteiger partial charge on any atom is -0.307 e. The molecular weight excluding hydrogens is 284 g/mol. The summed E-state index contributed by atoms with van der Waals surface area (Å²) in [6.45, 7) is 6.51. The maximum Gasteiger partial charge on any atom is 0.269 e. The van der Waals surface area contributed by atoms with Gasteiger partial charge in [0.1, 0.15) is 0 Å². The van der Waals surface area contributed by atoms with Crippen LogP contribution in [-0.2, 0) is 0 Å². The predicted molar refractivity (Wildman–Crippen MR) is 91.0 cm³/mol. The van der Waals surface area contributed by atoms with E-state index in [-0.39, 0.29) is 16.7 Å². The SMILES string of the molecule is CCCC(NC(C)CCSCC)c1cccc([N+](=O)[O-])c1. The fourth-order valence-electron chi connectivity index (χ4n) is 2.32. The zero-order valence-electron chi connectivity index (χ0n) is 13.2. The number of rotatable bonds is 10. The van der Waals surface area contributed by atoms with Crippen LogP contribution in [0.15, 0.2) is 24.3 Å². The summed E-state index contributed by atoms with van der Waals surface area (Å²) in [5.41, 5.74) is 1.19. The zero-order chi connectivity index (χ0) is 15.7. The summed E-state index contributed by atoms with van der Waals surface area (Å²) in [7, 11) is 0. The van der Waals surface area contributed by atoms with Gasteiger partial charge in [-0.1, -0.05) is 32.4 Å². The second kappa shape index (κ2) is 9.79. The molecule has 1 aromatic carbocycles. The van der Waals surface area contributed by atoms with Gasteiger partial charge < -0.3 is 5.32 Å². The molecule has 1 aromatic rings. The molecule has 0 saturated heterocycles. The van der Waals surface area contributed by atoms with Gasteiger partial charge in [-0.15, -0.1) is 0 Å². The number of hydrogen-bond donors (Lipinski definition) is 1. The topological polar surface area (TPSA) is 55.2 Å². The first-order valence-electron chi connectivity index (χ1n) is 7.66. The van der Waals surface area contributed by atoms with E-state index in [0.717, 1.165) is 36.3 Å². The summed E-state index contributed by atoms with van der Waals surface area (Å²) in [4.78, 5) is 10.6. The Morgan fingerprint density at radius 1 is 1.33 bits per heavy atom. The maximum atomic E-state index is 10.9. The largest absolute Gasteiger partial charge is 0.307 e. The standard InChI is InChI=1S/C16H26N2O2S/c1-4-7-16(17-13(3)10-11-21-5-2)14-8-6-9-15(12-14)18(19)20/h6,8-9,12-13,16-17H,4-5,7,10-11H2,1-3H3. The number of thioether (sulfide) groups is 1. The van der Waals surface area contributed by atoms with Crippen molar-refractivity contribution in [1.29, 1.82) is 0 Å². The van der Waals surface area contributed by atoms with Crippen molar-refractivity contribution < 1.29 is 4.92 Å². The third-order valence-electron chi connectivity index (χ3n) is 3.45. The molecule has 118 valence electrons. The lowest BCUT2D eigenvalue weighted by Crippen LogP contribution is -2.31. The average Bonchev–Trinajstić information content (AvgIpc) is 2.47. The van der Waals surface area contributed by atoms with Crippen molar-refractivity contribution in [3.05, 3.63) is 39.9 Å². The highest BCUT2D eigenvalue weighted by Crippen LogP contribution is 2.23. The Balaban J connectivity index is 2.71. The summed E-state index contributed by atoms with van der Waals surface area (Å²) in [6, 6.07) is 7.61. The first kappa shape index (κ1) is 18.0. The molecule has 2 atom stereocenters. The van der Waals surface area contributed by atoms with Crippen LogP contribution in [-0.4, -0.2) is 22.5 Å². The number of non-ortho nitro benzene ring substituents is 1. The number of nitrogens with one attached hydrogen (secondary N) is 1. The fraction of sp³-hybridized carbons (Fsp3) is 0.625. The molecule has 21 heavy (non-hydrogen) atoms. The molecule has 0 bridgehead atoms. The summed E-state index contributed by atoms with van der Waals surface area (Å²) in [6.07, 6.45) is 3.16. The third-order valence-corrected chi connectivity index (χ3v) is 4.38. The van der Waals surface area contributed by atoms with E-state index in [9.17, 15) is 10.1 Å². The van der Waals surface area contributed by atoms with Gasteiger partial charge in [-0.3, -0.25) is 10.1 Å². The molecule has 0 fully saturated rings. The molecule has 0 aliphatic rings. The Hall–Kier alpha value is -1.07. The highest BCUT2D eigenvalue weighted by molar-refractivity contribution is 7.99. The van der Waals surface area contributed by atoms with E-state index in [0.29, 0.717) is 6.04 Å². The maximum absolute atomic E-state index is 10.9. The molecule has 5 heteroatoms. The average molecular weight is 310 g/mol. The van der Waals surface area contributed by atoms with Gasteiger partial charge in [-0.05, 0) is 36.8 Å². The quantitative estimate of drug-likeness (QED) is 0.391. The molecule has 0 heterocycles. The molecular formula is C16H26N2O2S. The second-order valence-corrected chi connectivity index (χ2v) is 6.64. The fourth-order valence-corrected chi connectivity index (χ4v) is 3.13. The molecule has 0 aliphatic heterocycles. The van der Waals surface area contributed by atoms with Crippen LogP contribution in [0.3, 0.4) is 0 Å². The van der Waals surface area contributed by atoms with Crippen LogP contribution >= 0.6 is 11.8 Å². The van der Waals surface area contributed by atoms with Crippen LogP contribution in [0.2, 0.25) is 0 Å². The van der Waals surface area contributed by atoms with Crippen molar-refractivity contribution in [2.45, 2.75) is 52.1 Å². The Bertz CT molecular complexity index is 440. The van der Waals surface area contributed by atoms with E-state index in [2.05, 4.69) is 26.1 Å². The highest BCUT2D eigenvalue weighted by Gasteiger charge is 2.16. The van der Waals surface area contributed by atoms with E-state index >= 15 is 0 Å². The molecule has 0 amide bonds. The van der Waals surface area contributed by atoms with Crippen LogP contribution in [0.25, 0.3) is 0 Å². The molecule has 2 unspecified atom stereocenters. The smallest absolute Gasteiger partial charge is 0.269 e. The molecule has 0 aliphatic carbocycles. The lowest BCUT2D eigenvalue weighted by molar-refractivity contribution is -0.384. The third kappa shape index (κ3) is 6.48.